The molecule has 2 aliphatic rings. The third kappa shape index (κ3) is 5.84. The number of methoxy groups -OCH3 is 1. The van der Waals surface area contributed by atoms with Crippen molar-refractivity contribution in [2.24, 2.45) is 7.05 Å². The Bertz CT molecular complexity index is 1800. The number of ether oxygens (including phenoxy) is 3. The van der Waals surface area contributed by atoms with E-state index in [1.807, 2.05) is 53.9 Å². The van der Waals surface area contributed by atoms with Crippen LogP contribution in [0, 0.1) is 19.7 Å². The third-order valence-electron chi connectivity index (χ3n) is 9.13. The van der Waals surface area contributed by atoms with Gasteiger partial charge in [0.1, 0.15) is 11.5 Å². The number of piperazine rings is 1. The lowest BCUT2D eigenvalue weighted by Gasteiger charge is -2.33. The molecular formula is C36H44FN5O4. The number of aromatic nitrogens is 3. The zero-order valence-corrected chi connectivity index (χ0v) is 28.2. The predicted molar refractivity (Wildman–Crippen MR) is 178 cm³/mol. The SMILES string of the molecule is COC(=O)[C@@H](OC(C)(C)C)c1c(C)nc2c(cc(-c3ccnc(N4CCN(C)CC4)c3)n2C)c1-c1cc(F)c2c(c1C)CCCO2. The van der Waals surface area contributed by atoms with E-state index in [4.69, 9.17) is 24.2 Å². The Balaban J connectivity index is 1.62. The lowest BCUT2D eigenvalue weighted by molar-refractivity contribution is -0.164. The fourth-order valence-corrected chi connectivity index (χ4v) is 6.73. The van der Waals surface area contributed by atoms with Crippen molar-refractivity contribution in [1.29, 1.82) is 0 Å². The first-order chi connectivity index (χ1) is 21.9. The van der Waals surface area contributed by atoms with E-state index in [0.29, 0.717) is 41.2 Å². The molecule has 2 aliphatic heterocycles. The number of anilines is 1. The summed E-state index contributed by atoms with van der Waals surface area (Å²) in [5, 5.41) is 0.793. The highest BCUT2D eigenvalue weighted by Gasteiger charge is 2.35. The van der Waals surface area contributed by atoms with E-state index < -0.39 is 23.5 Å². The second-order valence-electron chi connectivity index (χ2n) is 13.4. The molecule has 1 atom stereocenters. The molecule has 0 spiro atoms. The van der Waals surface area contributed by atoms with E-state index >= 15 is 4.39 Å². The van der Waals surface area contributed by atoms with Crippen LogP contribution in [0.5, 0.6) is 5.75 Å². The number of hydrogen-bond acceptors (Lipinski definition) is 8. The van der Waals surface area contributed by atoms with E-state index in [2.05, 4.69) is 33.5 Å². The average molecular weight is 630 g/mol. The molecule has 10 heteroatoms. The Labute approximate surface area is 270 Å². The first kappa shape index (κ1) is 31.9. The molecule has 0 N–H and O–H groups in total. The van der Waals surface area contributed by atoms with Gasteiger partial charge in [0, 0.05) is 72.8 Å². The van der Waals surface area contributed by atoms with Crippen molar-refractivity contribution in [3.05, 3.63) is 58.7 Å². The summed E-state index contributed by atoms with van der Waals surface area (Å²) in [7, 11) is 5.48. The van der Waals surface area contributed by atoms with Crippen LogP contribution in [0.2, 0.25) is 0 Å². The van der Waals surface area contributed by atoms with Gasteiger partial charge in [-0.2, -0.15) is 0 Å². The highest BCUT2D eigenvalue weighted by atomic mass is 19.1. The van der Waals surface area contributed by atoms with Gasteiger partial charge in [-0.3, -0.25) is 0 Å². The van der Waals surface area contributed by atoms with Crippen molar-refractivity contribution in [2.75, 3.05) is 51.8 Å². The maximum Gasteiger partial charge on any atom is 0.339 e. The molecule has 0 bridgehead atoms. The number of benzene rings is 1. The predicted octanol–water partition coefficient (Wildman–Crippen LogP) is 6.16. The van der Waals surface area contributed by atoms with Gasteiger partial charge in [0.2, 0.25) is 0 Å². The van der Waals surface area contributed by atoms with Gasteiger partial charge in [0.05, 0.1) is 25.0 Å². The molecule has 1 aromatic carbocycles. The van der Waals surface area contributed by atoms with Crippen LogP contribution in [-0.2, 0) is 27.7 Å². The number of fused-ring (bicyclic) bond motifs is 2. The number of nitrogens with zero attached hydrogens (tertiary/aromatic N) is 5. The fourth-order valence-electron chi connectivity index (χ4n) is 6.73. The van der Waals surface area contributed by atoms with Crippen LogP contribution in [0.1, 0.15) is 55.7 Å². The summed E-state index contributed by atoms with van der Waals surface area (Å²) < 4.78 is 35.4. The zero-order chi connectivity index (χ0) is 32.9. The van der Waals surface area contributed by atoms with Crippen molar-refractivity contribution in [3.8, 4) is 28.1 Å². The van der Waals surface area contributed by atoms with Gasteiger partial charge in [-0.15, -0.1) is 0 Å². The molecule has 6 rings (SSSR count). The van der Waals surface area contributed by atoms with Gasteiger partial charge < -0.3 is 28.6 Å². The first-order valence-corrected chi connectivity index (χ1v) is 16.0. The summed E-state index contributed by atoms with van der Waals surface area (Å²) in [5.74, 6) is 0.283. The van der Waals surface area contributed by atoms with Crippen LogP contribution in [-0.4, -0.2) is 77.9 Å². The van der Waals surface area contributed by atoms with E-state index in [9.17, 15) is 4.79 Å². The van der Waals surface area contributed by atoms with Gasteiger partial charge in [-0.25, -0.2) is 19.2 Å². The number of esters is 1. The Morgan fingerprint density at radius 2 is 1.83 bits per heavy atom. The van der Waals surface area contributed by atoms with Crippen LogP contribution in [0.15, 0.2) is 30.5 Å². The molecular weight excluding hydrogens is 585 g/mol. The molecule has 1 saturated heterocycles. The quantitative estimate of drug-likeness (QED) is 0.235. The number of hydrogen-bond donors (Lipinski definition) is 0. The van der Waals surface area contributed by atoms with Crippen molar-refractivity contribution in [3.63, 3.8) is 0 Å². The monoisotopic (exact) mass is 629 g/mol. The summed E-state index contributed by atoms with van der Waals surface area (Å²) >= 11 is 0. The summed E-state index contributed by atoms with van der Waals surface area (Å²) in [6.07, 6.45) is 2.28. The first-order valence-electron chi connectivity index (χ1n) is 16.0. The van der Waals surface area contributed by atoms with E-state index in [1.54, 1.807) is 0 Å². The lowest BCUT2D eigenvalue weighted by Crippen LogP contribution is -2.44. The maximum absolute atomic E-state index is 15.8. The molecule has 5 heterocycles. The zero-order valence-electron chi connectivity index (χ0n) is 28.2. The van der Waals surface area contributed by atoms with E-state index in [1.165, 1.54) is 13.2 Å². The summed E-state index contributed by atoms with van der Waals surface area (Å²) in [4.78, 5) is 27.8. The van der Waals surface area contributed by atoms with Crippen molar-refractivity contribution < 1.29 is 23.4 Å². The van der Waals surface area contributed by atoms with Crippen molar-refractivity contribution in [1.82, 2.24) is 19.4 Å². The van der Waals surface area contributed by atoms with Gasteiger partial charge >= 0.3 is 5.97 Å². The maximum atomic E-state index is 15.8. The van der Waals surface area contributed by atoms with Crippen LogP contribution in [0.4, 0.5) is 10.2 Å². The fraction of sp³-hybridized carbons (Fsp3) is 0.472. The second kappa shape index (κ2) is 12.3. The molecule has 0 amide bonds. The number of aryl methyl sites for hydroxylation is 2. The lowest BCUT2D eigenvalue weighted by atomic mass is 9.86. The topological polar surface area (TPSA) is 82.0 Å². The van der Waals surface area contributed by atoms with E-state index in [0.717, 1.165) is 71.8 Å². The van der Waals surface area contributed by atoms with Gasteiger partial charge in [0.15, 0.2) is 17.7 Å². The van der Waals surface area contributed by atoms with Crippen LogP contribution >= 0.6 is 0 Å². The number of likely N-dealkylation sites (N-methyl/N-ethyl adjacent to an activating group) is 1. The van der Waals surface area contributed by atoms with Gasteiger partial charge in [0.25, 0.3) is 0 Å². The number of pyridine rings is 2. The Hall–Kier alpha value is -4.02. The molecule has 3 aromatic heterocycles. The largest absolute Gasteiger partial charge is 0.490 e. The molecule has 4 aromatic rings. The molecule has 9 nitrogen and oxygen atoms in total. The van der Waals surface area contributed by atoms with Gasteiger partial charge in [-0.1, -0.05) is 0 Å². The minimum Gasteiger partial charge on any atom is -0.490 e. The molecule has 0 aliphatic carbocycles. The molecule has 0 saturated carbocycles. The number of rotatable bonds is 6. The number of carbonyl (C=O) groups excluding carboxylic acids is 1. The smallest absolute Gasteiger partial charge is 0.339 e. The highest BCUT2D eigenvalue weighted by molar-refractivity contribution is 6.01. The molecule has 1 fully saturated rings. The number of halogens is 1. The average Bonchev–Trinajstić information content (AvgIpc) is 3.36. The highest BCUT2D eigenvalue weighted by Crippen LogP contribution is 2.45. The Kier molecular flexibility index (Phi) is 8.54. The molecule has 0 unspecified atom stereocenters. The van der Waals surface area contributed by atoms with Crippen LogP contribution in [0.25, 0.3) is 33.4 Å². The summed E-state index contributed by atoms with van der Waals surface area (Å²) in [5.41, 5.74) is 6.30. The van der Waals surface area contributed by atoms with Crippen molar-refractivity contribution >= 4 is 22.8 Å². The molecule has 46 heavy (non-hydrogen) atoms. The minimum atomic E-state index is -1.08. The third-order valence-corrected chi connectivity index (χ3v) is 9.13. The normalized spacial score (nSPS) is 16.3. The van der Waals surface area contributed by atoms with Crippen LogP contribution < -0.4 is 9.64 Å². The second-order valence-corrected chi connectivity index (χ2v) is 13.4. The van der Waals surface area contributed by atoms with Crippen molar-refractivity contribution in [2.45, 2.75) is 59.2 Å². The molecule has 244 valence electrons. The Morgan fingerprint density at radius 1 is 1.09 bits per heavy atom. The number of carbonyl (C=O) groups is 1. The standard InChI is InChI=1S/C36H44FN5O4/c1-21-24-10-9-17-45-32(24)27(37)19-25(21)31-26-20-28(23-11-12-38-29(18-23)42-15-13-40(6)14-16-42)41(7)34(26)39-22(2)30(31)33(35(43)44-8)46-36(3,4)5/h11-12,18-20,33H,9-10,13-17H2,1-8H3/t33-/m0/s1. The summed E-state index contributed by atoms with van der Waals surface area (Å²) in [6.45, 7) is 13.8. The minimum absolute atomic E-state index is 0.313. The van der Waals surface area contributed by atoms with Gasteiger partial charge in [-0.05, 0) is 89.9 Å². The van der Waals surface area contributed by atoms with E-state index in [-0.39, 0.29) is 0 Å². The Morgan fingerprint density at radius 3 is 2.52 bits per heavy atom. The summed E-state index contributed by atoms with van der Waals surface area (Å²) in [6, 6.07) is 7.74. The van der Waals surface area contributed by atoms with Crippen LogP contribution in [0.3, 0.4) is 0 Å². The molecule has 0 radical (unpaired) electrons.